The number of nitrogens with zero attached hydrogens (tertiary/aromatic N) is 1. The van der Waals surface area contributed by atoms with Crippen molar-refractivity contribution in [2.45, 2.75) is 26.1 Å². The number of benzene rings is 1. The van der Waals surface area contributed by atoms with Crippen molar-refractivity contribution in [1.29, 1.82) is 0 Å². The molecule has 1 aliphatic rings. The lowest BCUT2D eigenvalue weighted by Crippen LogP contribution is -2.40. The minimum absolute atomic E-state index is 0.453. The highest BCUT2D eigenvalue weighted by Crippen LogP contribution is 2.23. The van der Waals surface area contributed by atoms with Crippen LogP contribution >= 0.6 is 0 Å². The van der Waals surface area contributed by atoms with Crippen LogP contribution in [-0.4, -0.2) is 30.6 Å². The molecule has 4 nitrogen and oxygen atoms in total. The van der Waals surface area contributed by atoms with Crippen molar-refractivity contribution >= 4 is 0 Å². The molecule has 0 aliphatic carbocycles. The number of hydrogen-bond acceptors (Lipinski definition) is 4. The third-order valence-corrected chi connectivity index (χ3v) is 3.92. The molecule has 1 aliphatic heterocycles. The lowest BCUT2D eigenvalue weighted by atomic mass is 10.1. The van der Waals surface area contributed by atoms with Gasteiger partial charge in [0.25, 0.3) is 0 Å². The molecule has 0 saturated carbocycles. The van der Waals surface area contributed by atoms with Gasteiger partial charge in [0.1, 0.15) is 18.1 Å². The summed E-state index contributed by atoms with van der Waals surface area (Å²) in [6.07, 6.45) is 1.71. The van der Waals surface area contributed by atoms with Crippen molar-refractivity contribution < 1.29 is 9.15 Å². The fourth-order valence-corrected chi connectivity index (χ4v) is 2.67. The third-order valence-electron chi connectivity index (χ3n) is 3.92. The average Bonchev–Trinajstić information content (AvgIpc) is 2.91. The van der Waals surface area contributed by atoms with E-state index < -0.39 is 0 Å². The zero-order valence-corrected chi connectivity index (χ0v) is 12.4. The minimum Gasteiger partial charge on any atom is -0.492 e. The Morgan fingerprint density at radius 2 is 2.14 bits per heavy atom. The lowest BCUT2D eigenvalue weighted by molar-refractivity contribution is 0.175. The summed E-state index contributed by atoms with van der Waals surface area (Å²) in [6.45, 7) is 6.61. The van der Waals surface area contributed by atoms with Gasteiger partial charge in [-0.2, -0.15) is 0 Å². The number of hydrogen-bond donors (Lipinski definition) is 1. The van der Waals surface area contributed by atoms with Crippen LogP contribution in [0.25, 0.3) is 0 Å². The maximum Gasteiger partial charge on any atom is 0.123 e. The van der Waals surface area contributed by atoms with Crippen LogP contribution in [0.4, 0.5) is 0 Å². The van der Waals surface area contributed by atoms with Crippen LogP contribution in [0.5, 0.6) is 5.75 Å². The number of ether oxygens (including phenoxy) is 1. The van der Waals surface area contributed by atoms with Gasteiger partial charge in [-0.15, -0.1) is 0 Å². The standard InChI is InChI=1S/C17H22N2O2/c1-14(11-18-12-16-6-4-9-20-16)19-8-10-21-17-7-3-2-5-15(17)13-19/h2-7,9,14,18H,8,10-13H2,1H3. The van der Waals surface area contributed by atoms with Crippen LogP contribution < -0.4 is 10.1 Å². The van der Waals surface area contributed by atoms with Gasteiger partial charge in [0.2, 0.25) is 0 Å². The Hall–Kier alpha value is -1.78. The molecule has 1 aromatic heterocycles. The van der Waals surface area contributed by atoms with Gasteiger partial charge in [-0.1, -0.05) is 18.2 Å². The molecule has 0 spiro atoms. The quantitative estimate of drug-likeness (QED) is 0.917. The predicted molar refractivity (Wildman–Crippen MR) is 82.2 cm³/mol. The molecule has 0 amide bonds. The average molecular weight is 286 g/mol. The van der Waals surface area contributed by atoms with Gasteiger partial charge >= 0.3 is 0 Å². The molecule has 21 heavy (non-hydrogen) atoms. The van der Waals surface area contributed by atoms with Crippen LogP contribution in [0.15, 0.2) is 47.1 Å². The van der Waals surface area contributed by atoms with E-state index in [1.54, 1.807) is 6.26 Å². The van der Waals surface area contributed by atoms with Crippen LogP contribution in [0.2, 0.25) is 0 Å². The molecule has 0 bridgehead atoms. The number of nitrogens with one attached hydrogen (secondary N) is 1. The Balaban J connectivity index is 1.53. The largest absolute Gasteiger partial charge is 0.492 e. The third kappa shape index (κ3) is 3.65. The Morgan fingerprint density at radius 3 is 3.00 bits per heavy atom. The van der Waals surface area contributed by atoms with E-state index >= 15 is 0 Å². The molecule has 1 aromatic carbocycles. The molecule has 4 heteroatoms. The van der Waals surface area contributed by atoms with Gasteiger partial charge in [-0.3, -0.25) is 4.90 Å². The highest BCUT2D eigenvalue weighted by atomic mass is 16.5. The number of para-hydroxylation sites is 1. The van der Waals surface area contributed by atoms with Crippen LogP contribution in [0.1, 0.15) is 18.2 Å². The van der Waals surface area contributed by atoms with Gasteiger partial charge in [0.15, 0.2) is 0 Å². The van der Waals surface area contributed by atoms with E-state index in [-0.39, 0.29) is 0 Å². The zero-order chi connectivity index (χ0) is 14.5. The van der Waals surface area contributed by atoms with E-state index in [2.05, 4.69) is 35.3 Å². The van der Waals surface area contributed by atoms with Gasteiger partial charge in [0.05, 0.1) is 12.8 Å². The molecular formula is C17H22N2O2. The monoisotopic (exact) mass is 286 g/mol. The fraction of sp³-hybridized carbons (Fsp3) is 0.412. The first-order valence-corrected chi connectivity index (χ1v) is 7.51. The molecule has 3 rings (SSSR count). The number of rotatable bonds is 5. The second kappa shape index (κ2) is 6.78. The minimum atomic E-state index is 0.453. The molecule has 2 aromatic rings. The summed E-state index contributed by atoms with van der Waals surface area (Å²) in [7, 11) is 0. The molecule has 0 saturated heterocycles. The van der Waals surface area contributed by atoms with Gasteiger partial charge in [0, 0.05) is 31.2 Å². The van der Waals surface area contributed by atoms with Crippen LogP contribution in [0, 0.1) is 0 Å². The molecule has 112 valence electrons. The fourth-order valence-electron chi connectivity index (χ4n) is 2.67. The van der Waals surface area contributed by atoms with Crippen molar-refractivity contribution in [3.8, 4) is 5.75 Å². The van der Waals surface area contributed by atoms with Crippen molar-refractivity contribution in [2.24, 2.45) is 0 Å². The van der Waals surface area contributed by atoms with E-state index in [1.807, 2.05) is 18.2 Å². The molecule has 2 heterocycles. The molecular weight excluding hydrogens is 264 g/mol. The topological polar surface area (TPSA) is 37.6 Å². The van der Waals surface area contributed by atoms with Gasteiger partial charge in [-0.25, -0.2) is 0 Å². The maximum atomic E-state index is 5.82. The maximum absolute atomic E-state index is 5.82. The van der Waals surface area contributed by atoms with E-state index in [9.17, 15) is 0 Å². The normalized spacial score (nSPS) is 16.8. The van der Waals surface area contributed by atoms with Gasteiger partial charge in [-0.05, 0) is 25.1 Å². The summed E-state index contributed by atoms with van der Waals surface area (Å²) < 4.78 is 11.1. The molecule has 0 radical (unpaired) electrons. The number of fused-ring (bicyclic) bond motifs is 1. The van der Waals surface area contributed by atoms with Gasteiger partial charge < -0.3 is 14.5 Å². The first-order valence-electron chi connectivity index (χ1n) is 7.51. The second-order valence-electron chi connectivity index (χ2n) is 5.49. The SMILES string of the molecule is CC(CNCc1ccco1)N1CCOc2ccccc2C1. The Bertz CT molecular complexity index is 554. The zero-order valence-electron chi connectivity index (χ0n) is 12.4. The molecule has 1 N–H and O–H groups in total. The van der Waals surface area contributed by atoms with Crippen molar-refractivity contribution in [3.05, 3.63) is 54.0 Å². The predicted octanol–water partition coefficient (Wildman–Crippen LogP) is 2.65. The Kier molecular flexibility index (Phi) is 4.58. The van der Waals surface area contributed by atoms with Crippen LogP contribution in [0.3, 0.4) is 0 Å². The first-order chi connectivity index (χ1) is 10.3. The van der Waals surface area contributed by atoms with E-state index in [4.69, 9.17) is 9.15 Å². The second-order valence-corrected chi connectivity index (χ2v) is 5.49. The van der Waals surface area contributed by atoms with E-state index in [1.165, 1.54) is 5.56 Å². The molecule has 0 fully saturated rings. The lowest BCUT2D eigenvalue weighted by Gasteiger charge is -2.27. The van der Waals surface area contributed by atoms with Crippen molar-refractivity contribution in [3.63, 3.8) is 0 Å². The summed E-state index contributed by atoms with van der Waals surface area (Å²) in [5.74, 6) is 2.00. The molecule has 1 atom stereocenters. The summed E-state index contributed by atoms with van der Waals surface area (Å²) in [6, 6.07) is 12.7. The highest BCUT2D eigenvalue weighted by molar-refractivity contribution is 5.33. The summed E-state index contributed by atoms with van der Waals surface area (Å²) in [5.41, 5.74) is 1.27. The Labute approximate surface area is 125 Å². The Morgan fingerprint density at radius 1 is 1.24 bits per heavy atom. The van der Waals surface area contributed by atoms with E-state index in [0.717, 1.165) is 44.3 Å². The van der Waals surface area contributed by atoms with Crippen molar-refractivity contribution in [2.75, 3.05) is 19.7 Å². The highest BCUT2D eigenvalue weighted by Gasteiger charge is 2.19. The summed E-state index contributed by atoms with van der Waals surface area (Å²) >= 11 is 0. The summed E-state index contributed by atoms with van der Waals surface area (Å²) in [5, 5.41) is 3.45. The first kappa shape index (κ1) is 14.2. The van der Waals surface area contributed by atoms with Crippen molar-refractivity contribution in [1.82, 2.24) is 10.2 Å². The summed E-state index contributed by atoms with van der Waals surface area (Å²) in [4.78, 5) is 2.46. The molecule has 1 unspecified atom stereocenters. The number of furan rings is 1. The van der Waals surface area contributed by atoms with Crippen LogP contribution in [-0.2, 0) is 13.1 Å². The smallest absolute Gasteiger partial charge is 0.123 e. The van der Waals surface area contributed by atoms with E-state index in [0.29, 0.717) is 6.04 Å².